The van der Waals surface area contributed by atoms with Crippen LogP contribution in [-0.2, 0) is 4.79 Å². The minimum Gasteiger partial charge on any atom is -0.488 e. The molecule has 0 aliphatic heterocycles. The fourth-order valence-corrected chi connectivity index (χ4v) is 5.08. The Balaban J connectivity index is 1.23. The number of anilines is 1. The van der Waals surface area contributed by atoms with Crippen molar-refractivity contribution in [1.29, 1.82) is 0 Å². The van der Waals surface area contributed by atoms with Gasteiger partial charge < -0.3 is 10.1 Å². The van der Waals surface area contributed by atoms with Gasteiger partial charge in [-0.25, -0.2) is 18.9 Å². The molecule has 4 aromatic heterocycles. The number of halogens is 1. The van der Waals surface area contributed by atoms with Crippen LogP contribution in [0.25, 0.3) is 16.6 Å². The van der Waals surface area contributed by atoms with E-state index in [0.29, 0.717) is 40.5 Å². The molecule has 2 aliphatic rings. The van der Waals surface area contributed by atoms with E-state index in [1.807, 2.05) is 19.9 Å². The van der Waals surface area contributed by atoms with Crippen molar-refractivity contribution in [2.75, 3.05) is 5.32 Å². The van der Waals surface area contributed by atoms with Crippen molar-refractivity contribution >= 4 is 17.2 Å². The fourth-order valence-electron chi connectivity index (χ4n) is 5.08. The maximum atomic E-state index is 15.3. The monoisotopic (exact) mass is 500 g/mol. The van der Waals surface area contributed by atoms with Gasteiger partial charge in [-0.2, -0.15) is 0 Å². The molecule has 37 heavy (non-hydrogen) atoms. The molecule has 4 aromatic rings. The second-order valence-electron chi connectivity index (χ2n) is 10.2. The van der Waals surface area contributed by atoms with Gasteiger partial charge in [0.2, 0.25) is 5.91 Å². The molecule has 0 aromatic carbocycles. The van der Waals surface area contributed by atoms with E-state index in [0.717, 1.165) is 36.9 Å². The first-order chi connectivity index (χ1) is 17.9. The van der Waals surface area contributed by atoms with E-state index < -0.39 is 5.82 Å². The van der Waals surface area contributed by atoms with E-state index in [9.17, 15) is 4.79 Å². The number of fused-ring (bicyclic) bond motifs is 1. The summed E-state index contributed by atoms with van der Waals surface area (Å²) in [7, 11) is 0. The van der Waals surface area contributed by atoms with Crippen LogP contribution >= 0.6 is 0 Å². The molecule has 1 amide bonds. The molecule has 2 saturated carbocycles. The number of hydrogen-bond donors (Lipinski definition) is 1. The summed E-state index contributed by atoms with van der Waals surface area (Å²) in [5.74, 6) is 0.913. The fraction of sp³-hybridized carbons (Fsp3) is 0.393. The highest BCUT2D eigenvalue weighted by Crippen LogP contribution is 2.46. The van der Waals surface area contributed by atoms with Crippen molar-refractivity contribution in [2.45, 2.75) is 64.4 Å². The number of ether oxygens (including phenoxy) is 1. The third-order valence-electron chi connectivity index (χ3n) is 7.20. The lowest BCUT2D eigenvalue weighted by Crippen LogP contribution is -2.20. The first kappa shape index (κ1) is 23.5. The summed E-state index contributed by atoms with van der Waals surface area (Å²) >= 11 is 0. The Morgan fingerprint density at radius 3 is 2.59 bits per heavy atom. The summed E-state index contributed by atoms with van der Waals surface area (Å²) in [6.45, 7) is 3.81. The molecule has 9 heteroatoms. The van der Waals surface area contributed by atoms with E-state index >= 15 is 4.39 Å². The zero-order valence-corrected chi connectivity index (χ0v) is 20.9. The van der Waals surface area contributed by atoms with Gasteiger partial charge in [0.05, 0.1) is 24.0 Å². The lowest BCUT2D eigenvalue weighted by Gasteiger charge is -2.24. The van der Waals surface area contributed by atoms with Gasteiger partial charge in [-0.1, -0.05) is 6.42 Å². The van der Waals surface area contributed by atoms with Gasteiger partial charge in [0.1, 0.15) is 17.4 Å². The van der Waals surface area contributed by atoms with Gasteiger partial charge in [-0.05, 0) is 63.6 Å². The molecular weight excluding hydrogens is 471 g/mol. The van der Waals surface area contributed by atoms with E-state index in [-0.39, 0.29) is 23.8 Å². The minimum atomic E-state index is -0.425. The number of carbonyl (C=O) groups excluding carboxylic acids is 1. The third kappa shape index (κ3) is 4.90. The van der Waals surface area contributed by atoms with Gasteiger partial charge in [0.15, 0.2) is 5.82 Å². The number of aromatic nitrogens is 5. The average molecular weight is 501 g/mol. The number of rotatable bonds is 6. The Labute approximate surface area is 214 Å². The molecule has 6 rings (SSSR count). The molecule has 0 radical (unpaired) electrons. The molecule has 190 valence electrons. The van der Waals surface area contributed by atoms with E-state index in [1.54, 1.807) is 30.7 Å². The standard InChI is InChI=1S/C28H29FN6O2/c1-16-12-31-27(32-13-16)22-11-23(22)28(36)33-26-10-18-9-20(24(29)15-35(18)34-26)21-8-17(2)30-14-25(21)37-19-6-4-3-5-7-19/h8-10,12-15,19,22-23H,3-7,11H2,1-2H3,(H,33,34,36). The summed E-state index contributed by atoms with van der Waals surface area (Å²) < 4.78 is 23.1. The highest BCUT2D eigenvalue weighted by atomic mass is 19.1. The molecular formula is C28H29FN6O2. The Bertz CT molecular complexity index is 1460. The van der Waals surface area contributed by atoms with Crippen LogP contribution < -0.4 is 10.1 Å². The van der Waals surface area contributed by atoms with Crippen molar-refractivity contribution in [1.82, 2.24) is 24.6 Å². The van der Waals surface area contributed by atoms with Crippen molar-refractivity contribution in [3.8, 4) is 16.9 Å². The minimum absolute atomic E-state index is 0.0131. The highest BCUT2D eigenvalue weighted by molar-refractivity contribution is 5.95. The Morgan fingerprint density at radius 1 is 1.03 bits per heavy atom. The molecule has 2 atom stereocenters. The topological polar surface area (TPSA) is 94.3 Å². The molecule has 8 nitrogen and oxygen atoms in total. The summed E-state index contributed by atoms with van der Waals surface area (Å²) in [4.78, 5) is 25.9. The third-order valence-corrected chi connectivity index (χ3v) is 7.20. The quantitative estimate of drug-likeness (QED) is 0.381. The van der Waals surface area contributed by atoms with E-state index in [2.05, 4.69) is 25.4 Å². The number of hydrogen-bond acceptors (Lipinski definition) is 6. The zero-order valence-electron chi connectivity index (χ0n) is 20.9. The second-order valence-corrected chi connectivity index (χ2v) is 10.2. The van der Waals surface area contributed by atoms with Crippen LogP contribution in [0.1, 0.15) is 61.5 Å². The van der Waals surface area contributed by atoms with Crippen LogP contribution in [0.15, 0.2) is 43.0 Å². The Kier molecular flexibility index (Phi) is 6.06. The Hall–Kier alpha value is -3.88. The maximum absolute atomic E-state index is 15.3. The number of nitrogens with one attached hydrogen (secondary N) is 1. The summed E-state index contributed by atoms with van der Waals surface area (Å²) in [6.07, 6.45) is 12.9. The van der Waals surface area contributed by atoms with Crippen LogP contribution in [0, 0.1) is 25.6 Å². The normalized spacial score (nSPS) is 19.6. The van der Waals surface area contributed by atoms with Crippen molar-refractivity contribution in [3.63, 3.8) is 0 Å². The molecule has 0 bridgehead atoms. The van der Waals surface area contributed by atoms with Gasteiger partial charge in [0, 0.05) is 47.1 Å². The summed E-state index contributed by atoms with van der Waals surface area (Å²) in [5, 5.41) is 7.25. The van der Waals surface area contributed by atoms with Crippen molar-refractivity contribution < 1.29 is 13.9 Å². The molecule has 4 heterocycles. The second kappa shape index (κ2) is 9.53. The molecule has 0 saturated heterocycles. The first-order valence-corrected chi connectivity index (χ1v) is 12.9. The van der Waals surface area contributed by atoms with Crippen LogP contribution in [0.5, 0.6) is 5.75 Å². The largest absolute Gasteiger partial charge is 0.488 e. The maximum Gasteiger partial charge on any atom is 0.229 e. The molecule has 0 spiro atoms. The van der Waals surface area contributed by atoms with Crippen LogP contribution in [0.4, 0.5) is 10.2 Å². The van der Waals surface area contributed by atoms with Gasteiger partial charge in [0.25, 0.3) is 0 Å². The smallest absolute Gasteiger partial charge is 0.229 e. The van der Waals surface area contributed by atoms with E-state index in [1.165, 1.54) is 17.1 Å². The molecule has 2 aliphatic carbocycles. The van der Waals surface area contributed by atoms with Crippen molar-refractivity contribution in [3.05, 3.63) is 65.9 Å². The number of aryl methyl sites for hydroxylation is 2. The van der Waals surface area contributed by atoms with E-state index in [4.69, 9.17) is 4.74 Å². The van der Waals surface area contributed by atoms with Gasteiger partial charge in [-0.3, -0.25) is 9.78 Å². The highest BCUT2D eigenvalue weighted by Gasteiger charge is 2.46. The lowest BCUT2D eigenvalue weighted by atomic mass is 9.97. The van der Waals surface area contributed by atoms with Crippen LogP contribution in [0.2, 0.25) is 0 Å². The predicted molar refractivity (Wildman–Crippen MR) is 137 cm³/mol. The first-order valence-electron chi connectivity index (χ1n) is 12.9. The zero-order chi connectivity index (χ0) is 25.5. The number of amides is 1. The number of carbonyl (C=O) groups is 1. The van der Waals surface area contributed by atoms with Gasteiger partial charge >= 0.3 is 0 Å². The average Bonchev–Trinajstić information content (AvgIpc) is 3.60. The SMILES string of the molecule is Cc1cnc(C2CC2C(=O)Nc2cc3cc(-c4cc(C)ncc4OC4CCCCC4)c(F)cn3n2)nc1. The van der Waals surface area contributed by atoms with Crippen LogP contribution in [0.3, 0.4) is 0 Å². The molecule has 1 N–H and O–H groups in total. The predicted octanol–water partition coefficient (Wildman–Crippen LogP) is 5.40. The van der Waals surface area contributed by atoms with Crippen LogP contribution in [-0.4, -0.2) is 36.6 Å². The Morgan fingerprint density at radius 2 is 1.81 bits per heavy atom. The number of nitrogens with zero attached hydrogens (tertiary/aromatic N) is 5. The molecule has 2 unspecified atom stereocenters. The summed E-state index contributed by atoms with van der Waals surface area (Å²) in [6, 6.07) is 5.34. The molecule has 2 fully saturated rings. The van der Waals surface area contributed by atoms with Gasteiger partial charge in [-0.15, -0.1) is 5.10 Å². The van der Waals surface area contributed by atoms with Crippen molar-refractivity contribution in [2.24, 2.45) is 5.92 Å². The lowest BCUT2D eigenvalue weighted by molar-refractivity contribution is -0.117. The number of pyridine rings is 2. The summed E-state index contributed by atoms with van der Waals surface area (Å²) in [5.41, 5.74) is 3.52.